The molecule has 0 rings (SSSR count). The third kappa shape index (κ3) is 5.06. The molecule has 0 amide bonds. The summed E-state index contributed by atoms with van der Waals surface area (Å²) in [4.78, 5) is 19.5. The normalized spacial score (nSPS) is 10.1. The molecule has 0 aromatic rings. The van der Waals surface area contributed by atoms with Crippen molar-refractivity contribution in [2.24, 2.45) is 0 Å². The van der Waals surface area contributed by atoms with Crippen LogP contribution in [0.5, 0.6) is 0 Å². The molecule has 78 valence electrons. The van der Waals surface area contributed by atoms with E-state index in [2.05, 4.69) is 0 Å². The molecule has 0 aliphatic heterocycles. The first-order valence-corrected chi connectivity index (χ1v) is 2.46. The molecule has 0 aromatic heterocycles. The van der Waals surface area contributed by atoms with Crippen LogP contribution < -0.4 is 69.3 Å². The van der Waals surface area contributed by atoms with Gasteiger partial charge < -0.3 is 45.7 Å². The second kappa shape index (κ2) is 7.92. The average molecular weight is 244 g/mol. The maximum Gasteiger partial charge on any atom is 1.00 e. The van der Waals surface area contributed by atoms with Gasteiger partial charge in [-0.05, 0) is 0 Å². The molecule has 0 aliphatic carbocycles. The number of carbonyl (C=O) groups is 2. The van der Waals surface area contributed by atoms with E-state index in [0.29, 0.717) is 0 Å². The molecular weight excluding hydrogens is 238 g/mol. The molecule has 0 aromatic carbocycles. The van der Waals surface area contributed by atoms with E-state index < -0.39 is 23.5 Å². The van der Waals surface area contributed by atoms with Crippen molar-refractivity contribution in [1.29, 1.82) is 0 Å². The van der Waals surface area contributed by atoms with Crippen LogP contribution in [0, 0.1) is 0 Å². The topological polar surface area (TPSA) is 193 Å². The summed E-state index contributed by atoms with van der Waals surface area (Å²) in [6.45, 7) is 0. The van der Waals surface area contributed by atoms with Crippen LogP contribution in [0.3, 0.4) is 0 Å². The molecule has 0 saturated carbocycles. The SMILES string of the molecule is O.O=C([O-])C(O)(O)C(O)(O)C(=O)[O-].[Na+].[Na+]. The van der Waals surface area contributed by atoms with Crippen LogP contribution in [0.2, 0.25) is 0 Å². The molecule has 0 radical (unpaired) electrons. The summed E-state index contributed by atoms with van der Waals surface area (Å²) in [7, 11) is 0. The van der Waals surface area contributed by atoms with Gasteiger partial charge in [-0.1, -0.05) is 0 Å². The van der Waals surface area contributed by atoms with Gasteiger partial charge in [-0.3, -0.25) is 0 Å². The quantitative estimate of drug-likeness (QED) is 0.277. The number of carbonyl (C=O) groups excluding carboxylic acids is 2. The van der Waals surface area contributed by atoms with E-state index in [-0.39, 0.29) is 64.6 Å². The third-order valence-corrected chi connectivity index (χ3v) is 1.06. The Kier molecular flexibility index (Phi) is 13.1. The van der Waals surface area contributed by atoms with Crippen molar-refractivity contribution in [3.8, 4) is 0 Å². The number of carboxylic acids is 2. The zero-order chi connectivity index (χ0) is 10.2. The van der Waals surface area contributed by atoms with Gasteiger partial charge in [-0.2, -0.15) is 0 Å². The van der Waals surface area contributed by atoms with Crippen LogP contribution in [0.1, 0.15) is 0 Å². The minimum absolute atomic E-state index is 0. The Morgan fingerprint density at radius 2 is 0.933 bits per heavy atom. The number of aliphatic hydroxyl groups is 4. The van der Waals surface area contributed by atoms with E-state index in [0.717, 1.165) is 0 Å². The average Bonchev–Trinajstić information content (AvgIpc) is 1.86. The Balaban J connectivity index is -0.000000202. The van der Waals surface area contributed by atoms with Gasteiger partial charge in [0.05, 0.1) is 0 Å². The van der Waals surface area contributed by atoms with Gasteiger partial charge in [0.1, 0.15) is 11.9 Å². The van der Waals surface area contributed by atoms with Crippen molar-refractivity contribution in [3.63, 3.8) is 0 Å². The number of carboxylic acid groups (broad SMARTS) is 2. The second-order valence-electron chi connectivity index (χ2n) is 1.92. The molecule has 0 spiro atoms. The molecule has 0 unspecified atom stereocenters. The Morgan fingerprint density at radius 1 is 0.800 bits per heavy atom. The maximum atomic E-state index is 9.75. The minimum Gasteiger partial charge on any atom is -0.544 e. The molecule has 0 atom stereocenters. The zero-order valence-electron chi connectivity index (χ0n) is 7.92. The number of hydrogen-bond acceptors (Lipinski definition) is 8. The predicted molar refractivity (Wildman–Crippen MR) is 28.0 cm³/mol. The molecule has 0 heterocycles. The molecule has 9 nitrogen and oxygen atoms in total. The Morgan fingerprint density at radius 3 is 1.00 bits per heavy atom. The Labute approximate surface area is 127 Å². The monoisotopic (exact) mass is 244 g/mol. The molecule has 11 heteroatoms. The standard InChI is InChI=1S/C4H6O8.2Na.H2O/c5-1(6)3(9,10)4(11,12)2(7)8;;;/h9-12H,(H,5,6)(H,7,8);;;1H2/q;2*+1;/p-2. The summed E-state index contributed by atoms with van der Waals surface area (Å²) in [6, 6.07) is 0. The van der Waals surface area contributed by atoms with Crippen LogP contribution in [-0.4, -0.2) is 49.4 Å². The van der Waals surface area contributed by atoms with Gasteiger partial charge in [0.25, 0.3) is 11.6 Å². The van der Waals surface area contributed by atoms with Gasteiger partial charge in [-0.25, -0.2) is 0 Å². The smallest absolute Gasteiger partial charge is 0.544 e. The summed E-state index contributed by atoms with van der Waals surface area (Å²) < 4.78 is 0. The van der Waals surface area contributed by atoms with E-state index in [1.54, 1.807) is 0 Å². The fourth-order valence-corrected chi connectivity index (χ4v) is 0.285. The van der Waals surface area contributed by atoms with Crippen LogP contribution in [0.25, 0.3) is 0 Å². The summed E-state index contributed by atoms with van der Waals surface area (Å²) in [5.41, 5.74) is 0. The van der Waals surface area contributed by atoms with Crippen molar-refractivity contribution < 1.29 is 105 Å². The van der Waals surface area contributed by atoms with Crippen LogP contribution in [0.15, 0.2) is 0 Å². The number of rotatable bonds is 3. The van der Waals surface area contributed by atoms with E-state index in [9.17, 15) is 19.8 Å². The predicted octanol–water partition coefficient (Wildman–Crippen LogP) is -13.0. The Hall–Kier alpha value is 0.740. The molecule has 0 fully saturated rings. The van der Waals surface area contributed by atoms with Crippen molar-refractivity contribution >= 4 is 11.9 Å². The van der Waals surface area contributed by atoms with Crippen molar-refractivity contribution in [1.82, 2.24) is 0 Å². The summed E-state index contributed by atoms with van der Waals surface area (Å²) in [5, 5.41) is 52.6. The fourth-order valence-electron chi connectivity index (χ4n) is 0.285. The van der Waals surface area contributed by atoms with Gasteiger partial charge in [0.2, 0.25) is 0 Å². The second-order valence-corrected chi connectivity index (χ2v) is 1.92. The minimum atomic E-state index is -4.33. The maximum absolute atomic E-state index is 9.75. The fraction of sp³-hybridized carbons (Fsp3) is 0.500. The van der Waals surface area contributed by atoms with Gasteiger partial charge in [-0.15, -0.1) is 0 Å². The first-order chi connectivity index (χ1) is 5.14. The first-order valence-electron chi connectivity index (χ1n) is 2.46. The van der Waals surface area contributed by atoms with E-state index in [1.807, 2.05) is 0 Å². The molecular formula is C4H6Na2O9. The summed E-state index contributed by atoms with van der Waals surface area (Å²) in [5.74, 6) is -14.2. The zero-order valence-corrected chi connectivity index (χ0v) is 11.9. The Bertz CT molecular complexity index is 200. The van der Waals surface area contributed by atoms with Crippen molar-refractivity contribution in [2.45, 2.75) is 11.6 Å². The van der Waals surface area contributed by atoms with Crippen LogP contribution >= 0.6 is 0 Å². The van der Waals surface area contributed by atoms with Gasteiger partial charge in [0.15, 0.2) is 0 Å². The van der Waals surface area contributed by atoms with Crippen molar-refractivity contribution in [2.75, 3.05) is 0 Å². The molecule has 0 aliphatic rings. The largest absolute Gasteiger partial charge is 1.00 e. The van der Waals surface area contributed by atoms with Crippen LogP contribution in [-0.2, 0) is 9.59 Å². The van der Waals surface area contributed by atoms with Gasteiger partial charge in [0, 0.05) is 0 Å². The number of aliphatic carboxylic acids is 2. The van der Waals surface area contributed by atoms with E-state index in [4.69, 9.17) is 20.4 Å². The number of hydrogen-bond donors (Lipinski definition) is 4. The molecule has 15 heavy (non-hydrogen) atoms. The molecule has 0 saturated heterocycles. The summed E-state index contributed by atoms with van der Waals surface area (Å²) >= 11 is 0. The van der Waals surface area contributed by atoms with E-state index >= 15 is 0 Å². The first kappa shape index (κ1) is 24.8. The van der Waals surface area contributed by atoms with Crippen molar-refractivity contribution in [3.05, 3.63) is 0 Å². The van der Waals surface area contributed by atoms with Crippen LogP contribution in [0.4, 0.5) is 0 Å². The molecule has 0 bridgehead atoms. The molecule has 6 N–H and O–H groups in total. The summed E-state index contributed by atoms with van der Waals surface area (Å²) in [6.07, 6.45) is 0. The van der Waals surface area contributed by atoms with Gasteiger partial charge >= 0.3 is 59.1 Å². The van der Waals surface area contributed by atoms with E-state index in [1.165, 1.54) is 0 Å². The third-order valence-electron chi connectivity index (χ3n) is 1.06.